The van der Waals surface area contributed by atoms with Crippen LogP contribution in [0.15, 0.2) is 47.5 Å². The lowest BCUT2D eigenvalue weighted by Gasteiger charge is -1.90. The summed E-state index contributed by atoms with van der Waals surface area (Å²) in [5, 5.41) is 1.34. The van der Waals surface area contributed by atoms with Crippen molar-refractivity contribution in [2.24, 2.45) is 4.99 Å². The standard InChI is InChI=1S/C14H8ClFN2S/c15-10-3-6-12-13(7-10)19-14(18-12)17-8-9-1-4-11(16)5-2-9/h1-8H/b17-8+. The molecule has 0 aliphatic rings. The van der Waals surface area contributed by atoms with Crippen molar-refractivity contribution in [2.45, 2.75) is 0 Å². The molecule has 0 saturated heterocycles. The van der Waals surface area contributed by atoms with Crippen molar-refractivity contribution in [2.75, 3.05) is 0 Å². The van der Waals surface area contributed by atoms with Crippen LogP contribution in [0.2, 0.25) is 5.02 Å². The van der Waals surface area contributed by atoms with Crippen LogP contribution >= 0.6 is 22.9 Å². The lowest BCUT2D eigenvalue weighted by Crippen LogP contribution is -1.80. The molecule has 0 aliphatic carbocycles. The van der Waals surface area contributed by atoms with Gasteiger partial charge >= 0.3 is 0 Å². The third-order valence-corrected chi connectivity index (χ3v) is 3.69. The minimum absolute atomic E-state index is 0.258. The second-order valence-corrected chi connectivity index (χ2v) is 5.36. The van der Waals surface area contributed by atoms with Crippen LogP contribution in [0, 0.1) is 5.82 Å². The molecule has 0 spiro atoms. The van der Waals surface area contributed by atoms with Gasteiger partial charge in [-0.1, -0.05) is 35.1 Å². The Kier molecular flexibility index (Phi) is 3.27. The number of hydrogen-bond acceptors (Lipinski definition) is 3. The molecule has 0 unspecified atom stereocenters. The summed E-state index contributed by atoms with van der Waals surface area (Å²) in [6.45, 7) is 0. The molecule has 3 aromatic rings. The highest BCUT2D eigenvalue weighted by Crippen LogP contribution is 2.29. The second kappa shape index (κ2) is 5.07. The summed E-state index contributed by atoms with van der Waals surface area (Å²) >= 11 is 7.39. The van der Waals surface area contributed by atoms with E-state index in [0.29, 0.717) is 10.2 Å². The van der Waals surface area contributed by atoms with Crippen LogP contribution in [-0.2, 0) is 0 Å². The molecule has 0 aliphatic heterocycles. The van der Waals surface area contributed by atoms with Gasteiger partial charge in [-0.2, -0.15) is 0 Å². The Balaban J connectivity index is 1.90. The molecular weight excluding hydrogens is 283 g/mol. The lowest BCUT2D eigenvalue weighted by atomic mass is 10.2. The van der Waals surface area contributed by atoms with Gasteiger partial charge in [0.15, 0.2) is 0 Å². The molecule has 2 nitrogen and oxygen atoms in total. The van der Waals surface area contributed by atoms with E-state index in [1.54, 1.807) is 24.4 Å². The number of thiazole rings is 1. The van der Waals surface area contributed by atoms with Crippen LogP contribution < -0.4 is 0 Å². The van der Waals surface area contributed by atoms with E-state index in [4.69, 9.17) is 11.6 Å². The van der Waals surface area contributed by atoms with Crippen LogP contribution in [0.4, 0.5) is 9.52 Å². The Morgan fingerprint density at radius 3 is 2.74 bits per heavy atom. The minimum atomic E-state index is -0.258. The van der Waals surface area contributed by atoms with Gasteiger partial charge in [-0.3, -0.25) is 0 Å². The highest BCUT2D eigenvalue weighted by molar-refractivity contribution is 7.22. The summed E-state index contributed by atoms with van der Waals surface area (Å²) in [4.78, 5) is 8.66. The molecule has 0 bridgehead atoms. The summed E-state index contributed by atoms with van der Waals surface area (Å²) in [7, 11) is 0. The monoisotopic (exact) mass is 290 g/mol. The fourth-order valence-corrected chi connectivity index (χ4v) is 2.71. The summed E-state index contributed by atoms with van der Waals surface area (Å²) < 4.78 is 13.8. The van der Waals surface area contributed by atoms with E-state index in [1.807, 2.05) is 12.1 Å². The van der Waals surface area contributed by atoms with Crippen LogP contribution in [0.25, 0.3) is 10.2 Å². The maximum atomic E-state index is 12.8. The maximum Gasteiger partial charge on any atom is 0.210 e. The topological polar surface area (TPSA) is 25.2 Å². The van der Waals surface area contributed by atoms with Gasteiger partial charge < -0.3 is 0 Å². The fourth-order valence-electron chi connectivity index (χ4n) is 1.62. The molecule has 1 aromatic heterocycles. The van der Waals surface area contributed by atoms with Gasteiger partial charge in [0, 0.05) is 11.2 Å². The Morgan fingerprint density at radius 1 is 1.16 bits per heavy atom. The van der Waals surface area contributed by atoms with Crippen LogP contribution in [0.5, 0.6) is 0 Å². The maximum absolute atomic E-state index is 12.8. The Morgan fingerprint density at radius 2 is 1.95 bits per heavy atom. The van der Waals surface area contributed by atoms with Gasteiger partial charge in [0.25, 0.3) is 0 Å². The number of benzene rings is 2. The summed E-state index contributed by atoms with van der Waals surface area (Å²) in [6.07, 6.45) is 1.67. The number of fused-ring (bicyclic) bond motifs is 1. The summed E-state index contributed by atoms with van der Waals surface area (Å²) in [5.41, 5.74) is 1.71. The van der Waals surface area contributed by atoms with Crippen LogP contribution in [0.1, 0.15) is 5.56 Å². The van der Waals surface area contributed by atoms with Crippen LogP contribution in [-0.4, -0.2) is 11.2 Å². The highest BCUT2D eigenvalue weighted by atomic mass is 35.5. The van der Waals surface area contributed by atoms with Crippen molar-refractivity contribution in [3.63, 3.8) is 0 Å². The third-order valence-electron chi connectivity index (χ3n) is 2.53. The number of aromatic nitrogens is 1. The first-order chi connectivity index (χ1) is 9.20. The predicted molar refractivity (Wildman–Crippen MR) is 78.3 cm³/mol. The molecule has 0 saturated carbocycles. The summed E-state index contributed by atoms with van der Waals surface area (Å²) in [5.74, 6) is -0.258. The van der Waals surface area contributed by atoms with Crippen molar-refractivity contribution < 1.29 is 4.39 Å². The fraction of sp³-hybridized carbons (Fsp3) is 0. The molecule has 1 heterocycles. The van der Waals surface area contributed by atoms with Crippen molar-refractivity contribution in [3.8, 4) is 0 Å². The van der Waals surface area contributed by atoms with E-state index < -0.39 is 0 Å². The SMILES string of the molecule is Fc1ccc(/C=N/c2nc3ccc(Cl)cc3s2)cc1. The zero-order valence-corrected chi connectivity index (χ0v) is 11.2. The number of nitrogens with zero attached hydrogens (tertiary/aromatic N) is 2. The van der Waals surface area contributed by atoms with Crippen molar-refractivity contribution in [3.05, 3.63) is 58.9 Å². The van der Waals surface area contributed by atoms with E-state index in [1.165, 1.54) is 23.5 Å². The molecule has 19 heavy (non-hydrogen) atoms. The lowest BCUT2D eigenvalue weighted by molar-refractivity contribution is 0.628. The highest BCUT2D eigenvalue weighted by Gasteiger charge is 2.02. The molecular formula is C14H8ClFN2S. The number of hydrogen-bond donors (Lipinski definition) is 0. The van der Waals surface area contributed by atoms with E-state index in [-0.39, 0.29) is 5.82 Å². The number of halogens is 2. The molecule has 0 fully saturated rings. The first-order valence-corrected chi connectivity index (χ1v) is 6.76. The van der Waals surface area contributed by atoms with Crippen LogP contribution in [0.3, 0.4) is 0 Å². The molecule has 0 atom stereocenters. The normalized spacial score (nSPS) is 11.5. The zero-order valence-electron chi connectivity index (χ0n) is 9.68. The van der Waals surface area contributed by atoms with E-state index in [2.05, 4.69) is 9.98 Å². The molecule has 2 aromatic carbocycles. The number of rotatable bonds is 2. The largest absolute Gasteiger partial charge is 0.227 e. The van der Waals surface area contributed by atoms with Gasteiger partial charge in [0.05, 0.1) is 10.2 Å². The first-order valence-electron chi connectivity index (χ1n) is 5.56. The number of aliphatic imine (C=N–C) groups is 1. The van der Waals surface area contributed by atoms with Crippen molar-refractivity contribution in [1.29, 1.82) is 0 Å². The minimum Gasteiger partial charge on any atom is -0.227 e. The van der Waals surface area contributed by atoms with E-state index in [9.17, 15) is 4.39 Å². The van der Waals surface area contributed by atoms with Crippen molar-refractivity contribution in [1.82, 2.24) is 4.98 Å². The smallest absolute Gasteiger partial charge is 0.210 e. The molecule has 0 amide bonds. The molecule has 5 heteroatoms. The van der Waals surface area contributed by atoms with Gasteiger partial charge in [0.2, 0.25) is 5.13 Å². The first kappa shape index (κ1) is 12.3. The van der Waals surface area contributed by atoms with E-state index >= 15 is 0 Å². The Labute approximate surface area is 118 Å². The average Bonchev–Trinajstić information content (AvgIpc) is 2.80. The van der Waals surface area contributed by atoms with Gasteiger partial charge in [-0.25, -0.2) is 14.4 Å². The molecule has 3 rings (SSSR count). The quantitative estimate of drug-likeness (QED) is 0.620. The second-order valence-electron chi connectivity index (χ2n) is 3.92. The Hall–Kier alpha value is -1.78. The molecule has 0 N–H and O–H groups in total. The van der Waals surface area contributed by atoms with Crippen molar-refractivity contribution >= 4 is 44.5 Å². The molecule has 94 valence electrons. The zero-order chi connectivity index (χ0) is 13.2. The third kappa shape index (κ3) is 2.80. The summed E-state index contributed by atoms with van der Waals surface area (Å²) in [6, 6.07) is 11.7. The van der Waals surface area contributed by atoms with Gasteiger partial charge in [-0.05, 0) is 35.9 Å². The van der Waals surface area contributed by atoms with Gasteiger partial charge in [-0.15, -0.1) is 0 Å². The molecule has 0 radical (unpaired) electrons. The Bertz CT molecular complexity index is 750. The predicted octanol–water partition coefficient (Wildman–Crippen LogP) is 4.84. The average molecular weight is 291 g/mol. The van der Waals surface area contributed by atoms with E-state index in [0.717, 1.165) is 15.8 Å². The van der Waals surface area contributed by atoms with Gasteiger partial charge in [0.1, 0.15) is 5.82 Å².